The van der Waals surface area contributed by atoms with Crippen molar-refractivity contribution >= 4 is 21.7 Å². The summed E-state index contributed by atoms with van der Waals surface area (Å²) < 4.78 is 19.4. The molecular formula is C15H17BrFN3O. The third kappa shape index (κ3) is 3.50. The van der Waals surface area contributed by atoms with Crippen molar-refractivity contribution in [1.82, 2.24) is 9.97 Å². The van der Waals surface area contributed by atoms with Gasteiger partial charge in [-0.15, -0.1) is 0 Å². The smallest absolute Gasteiger partial charge is 0.227 e. The maximum Gasteiger partial charge on any atom is 0.227 e. The molecule has 0 saturated carbocycles. The number of hydrogen-bond acceptors (Lipinski definition) is 4. The molecule has 2 aromatic rings. The predicted octanol–water partition coefficient (Wildman–Crippen LogP) is 4.36. The Balaban J connectivity index is 2.46. The first-order valence-corrected chi connectivity index (χ1v) is 7.25. The number of anilines is 1. The van der Waals surface area contributed by atoms with Gasteiger partial charge in [0.1, 0.15) is 23.2 Å². The first-order valence-electron chi connectivity index (χ1n) is 6.46. The fourth-order valence-corrected chi connectivity index (χ4v) is 2.04. The number of nitrogens with two attached hydrogens (primary N) is 1. The molecule has 0 saturated heterocycles. The van der Waals surface area contributed by atoms with Crippen LogP contribution in [0, 0.1) is 12.7 Å². The van der Waals surface area contributed by atoms with Gasteiger partial charge in [0.15, 0.2) is 0 Å². The number of nitrogens with zero attached hydrogens (tertiary/aromatic N) is 2. The van der Waals surface area contributed by atoms with Crippen LogP contribution in [0.25, 0.3) is 0 Å². The summed E-state index contributed by atoms with van der Waals surface area (Å²) >= 11 is 3.27. The molecule has 21 heavy (non-hydrogen) atoms. The summed E-state index contributed by atoms with van der Waals surface area (Å²) in [6, 6.07) is 4.19. The highest BCUT2D eigenvalue weighted by molar-refractivity contribution is 9.10. The fourth-order valence-electron chi connectivity index (χ4n) is 1.61. The summed E-state index contributed by atoms with van der Waals surface area (Å²) in [5.41, 5.74) is 6.33. The van der Waals surface area contributed by atoms with E-state index in [4.69, 9.17) is 10.5 Å². The zero-order valence-corrected chi connectivity index (χ0v) is 14.0. The molecule has 0 spiro atoms. The van der Waals surface area contributed by atoms with Gasteiger partial charge in [-0.3, -0.25) is 0 Å². The number of halogens is 2. The van der Waals surface area contributed by atoms with E-state index in [2.05, 4.69) is 25.9 Å². The second-order valence-corrected chi connectivity index (χ2v) is 6.64. The normalized spacial score (nSPS) is 11.5. The van der Waals surface area contributed by atoms with Crippen molar-refractivity contribution < 1.29 is 9.13 Å². The number of hydrogen-bond donors (Lipinski definition) is 1. The molecule has 2 N–H and O–H groups in total. The van der Waals surface area contributed by atoms with Crippen molar-refractivity contribution in [3.63, 3.8) is 0 Å². The zero-order valence-electron chi connectivity index (χ0n) is 12.4. The Bertz CT molecular complexity index is 683. The number of ether oxygens (including phenoxy) is 1. The lowest BCUT2D eigenvalue weighted by molar-refractivity contribution is 0.439. The molecule has 0 fully saturated rings. The van der Waals surface area contributed by atoms with Gasteiger partial charge in [0.2, 0.25) is 5.88 Å². The first-order chi connectivity index (χ1) is 9.68. The van der Waals surface area contributed by atoms with Crippen LogP contribution in [0.15, 0.2) is 22.7 Å². The van der Waals surface area contributed by atoms with Gasteiger partial charge in [-0.05, 0) is 41.1 Å². The highest BCUT2D eigenvalue weighted by Gasteiger charge is 2.21. The molecule has 0 aliphatic rings. The predicted molar refractivity (Wildman–Crippen MR) is 84.1 cm³/mol. The zero-order chi connectivity index (χ0) is 15.8. The monoisotopic (exact) mass is 353 g/mol. The van der Waals surface area contributed by atoms with E-state index in [9.17, 15) is 4.39 Å². The van der Waals surface area contributed by atoms with Crippen molar-refractivity contribution in [1.29, 1.82) is 0 Å². The van der Waals surface area contributed by atoms with Gasteiger partial charge >= 0.3 is 0 Å². The Kier molecular flexibility index (Phi) is 4.18. The summed E-state index contributed by atoms with van der Waals surface area (Å²) in [4.78, 5) is 8.73. The number of rotatable bonds is 2. The second kappa shape index (κ2) is 5.60. The van der Waals surface area contributed by atoms with Crippen LogP contribution in [-0.2, 0) is 5.41 Å². The Morgan fingerprint density at radius 1 is 1.24 bits per heavy atom. The van der Waals surface area contributed by atoms with Crippen molar-refractivity contribution in [3.05, 3.63) is 39.9 Å². The van der Waals surface area contributed by atoms with Gasteiger partial charge in [0.25, 0.3) is 0 Å². The van der Waals surface area contributed by atoms with Crippen LogP contribution in [0.2, 0.25) is 0 Å². The Labute approximate surface area is 131 Å². The number of benzene rings is 1. The van der Waals surface area contributed by atoms with Gasteiger partial charge in [-0.25, -0.2) is 9.37 Å². The lowest BCUT2D eigenvalue weighted by atomic mass is 9.95. The molecule has 0 amide bonds. The summed E-state index contributed by atoms with van der Waals surface area (Å²) in [6.45, 7) is 7.77. The molecule has 0 bridgehead atoms. The minimum absolute atomic E-state index is 0.250. The van der Waals surface area contributed by atoms with Gasteiger partial charge in [-0.2, -0.15) is 4.98 Å². The molecule has 112 valence electrons. The topological polar surface area (TPSA) is 61.0 Å². The number of nitrogen functional groups attached to an aromatic ring is 1. The third-order valence-electron chi connectivity index (χ3n) is 2.91. The molecule has 2 rings (SSSR count). The average molecular weight is 354 g/mol. The third-order valence-corrected chi connectivity index (χ3v) is 3.53. The highest BCUT2D eigenvalue weighted by atomic mass is 79.9. The number of aromatic nitrogens is 2. The molecule has 0 atom stereocenters. The molecule has 0 radical (unpaired) electrons. The van der Waals surface area contributed by atoms with E-state index < -0.39 is 0 Å². The average Bonchev–Trinajstić information content (AvgIpc) is 2.36. The minimum atomic E-state index is -0.344. The van der Waals surface area contributed by atoms with Crippen LogP contribution in [0.4, 0.5) is 10.2 Å². The Morgan fingerprint density at radius 2 is 1.90 bits per heavy atom. The van der Waals surface area contributed by atoms with E-state index in [1.54, 1.807) is 6.92 Å². The van der Waals surface area contributed by atoms with E-state index in [0.717, 1.165) is 0 Å². The van der Waals surface area contributed by atoms with Crippen LogP contribution >= 0.6 is 15.9 Å². The molecule has 1 aromatic carbocycles. The lowest BCUT2D eigenvalue weighted by Gasteiger charge is -2.19. The quantitative estimate of drug-likeness (QED) is 0.871. The van der Waals surface area contributed by atoms with Crippen LogP contribution in [-0.4, -0.2) is 9.97 Å². The Morgan fingerprint density at radius 3 is 2.48 bits per heavy atom. The maximum absolute atomic E-state index is 13.1. The first kappa shape index (κ1) is 15.7. The summed E-state index contributed by atoms with van der Waals surface area (Å²) in [6.07, 6.45) is 0. The molecule has 6 heteroatoms. The van der Waals surface area contributed by atoms with Gasteiger partial charge < -0.3 is 10.5 Å². The lowest BCUT2D eigenvalue weighted by Crippen LogP contribution is -2.18. The van der Waals surface area contributed by atoms with E-state index in [0.29, 0.717) is 33.3 Å². The molecular weight excluding hydrogens is 337 g/mol. The molecule has 0 aliphatic carbocycles. The van der Waals surface area contributed by atoms with Crippen molar-refractivity contribution in [3.8, 4) is 11.6 Å². The Hall–Kier alpha value is -1.69. The largest absolute Gasteiger partial charge is 0.437 e. The van der Waals surface area contributed by atoms with Crippen LogP contribution in [0.1, 0.15) is 32.2 Å². The molecule has 4 nitrogen and oxygen atoms in total. The highest BCUT2D eigenvalue weighted by Crippen LogP contribution is 2.33. The van der Waals surface area contributed by atoms with Gasteiger partial charge in [-0.1, -0.05) is 20.8 Å². The van der Waals surface area contributed by atoms with E-state index in [-0.39, 0.29) is 11.2 Å². The summed E-state index contributed by atoms with van der Waals surface area (Å²) in [5.74, 6) is 1.47. The molecule has 0 unspecified atom stereocenters. The second-order valence-electron chi connectivity index (χ2n) is 5.79. The fraction of sp³-hybridized carbons (Fsp3) is 0.333. The van der Waals surface area contributed by atoms with E-state index in [1.807, 2.05) is 20.8 Å². The van der Waals surface area contributed by atoms with Crippen molar-refractivity contribution in [2.45, 2.75) is 33.1 Å². The van der Waals surface area contributed by atoms with E-state index in [1.165, 1.54) is 18.2 Å². The van der Waals surface area contributed by atoms with Crippen molar-refractivity contribution in [2.24, 2.45) is 0 Å². The standard InChI is InChI=1S/C15H17BrFN3O/c1-8-12(18)19-14(15(2,3)4)20-13(8)21-11-6-5-9(17)7-10(11)16/h5-7H,1-4H3,(H2,18,19,20). The minimum Gasteiger partial charge on any atom is -0.437 e. The van der Waals surface area contributed by atoms with Gasteiger partial charge in [0, 0.05) is 5.41 Å². The summed E-state index contributed by atoms with van der Waals surface area (Å²) in [5, 5.41) is 0. The molecule has 0 aliphatic heterocycles. The van der Waals surface area contributed by atoms with E-state index >= 15 is 0 Å². The molecule has 1 heterocycles. The summed E-state index contributed by atoms with van der Waals surface area (Å²) in [7, 11) is 0. The van der Waals surface area contributed by atoms with Crippen LogP contribution in [0.3, 0.4) is 0 Å². The molecule has 1 aromatic heterocycles. The van der Waals surface area contributed by atoms with Crippen LogP contribution in [0.5, 0.6) is 11.6 Å². The SMILES string of the molecule is Cc1c(N)nc(C(C)(C)C)nc1Oc1ccc(F)cc1Br. The van der Waals surface area contributed by atoms with Crippen LogP contribution < -0.4 is 10.5 Å². The van der Waals surface area contributed by atoms with Crippen molar-refractivity contribution in [2.75, 3.05) is 5.73 Å². The van der Waals surface area contributed by atoms with Gasteiger partial charge in [0.05, 0.1) is 10.0 Å². The maximum atomic E-state index is 13.1.